The lowest BCUT2D eigenvalue weighted by molar-refractivity contribution is 0.136. The van der Waals surface area contributed by atoms with Crippen molar-refractivity contribution in [2.24, 2.45) is 10.8 Å². The molecule has 1 aliphatic heterocycles. The normalized spacial score (nSPS) is 26.6. The Morgan fingerprint density at radius 2 is 1.78 bits per heavy atom. The number of anilines is 1. The predicted molar refractivity (Wildman–Crippen MR) is 104 cm³/mol. The second kappa shape index (κ2) is 6.25. The number of halogens is 2. The van der Waals surface area contributed by atoms with Gasteiger partial charge in [0.1, 0.15) is 5.69 Å². The van der Waals surface area contributed by atoms with E-state index in [1.807, 2.05) is 31.2 Å². The maximum atomic E-state index is 13.6. The zero-order valence-corrected chi connectivity index (χ0v) is 16.5. The molecular formula is C22H27F2N3. The van der Waals surface area contributed by atoms with Crippen molar-refractivity contribution in [2.45, 2.75) is 59.4 Å². The van der Waals surface area contributed by atoms with E-state index in [1.54, 1.807) is 0 Å². The van der Waals surface area contributed by atoms with Gasteiger partial charge in [-0.15, -0.1) is 0 Å². The van der Waals surface area contributed by atoms with Gasteiger partial charge < -0.3 is 4.90 Å². The molecule has 1 aromatic carbocycles. The second-order valence-corrected chi connectivity index (χ2v) is 9.49. The summed E-state index contributed by atoms with van der Waals surface area (Å²) in [6, 6.07) is 9.56. The van der Waals surface area contributed by atoms with Crippen molar-refractivity contribution in [1.29, 1.82) is 0 Å². The zero-order valence-electron chi connectivity index (χ0n) is 16.5. The molecule has 0 spiro atoms. The fourth-order valence-corrected chi connectivity index (χ4v) is 5.26. The molecule has 0 amide bonds. The van der Waals surface area contributed by atoms with E-state index in [0.717, 1.165) is 36.9 Å². The highest BCUT2D eigenvalue weighted by atomic mass is 19.3. The van der Waals surface area contributed by atoms with Crippen LogP contribution in [0.25, 0.3) is 11.3 Å². The molecule has 1 saturated heterocycles. The summed E-state index contributed by atoms with van der Waals surface area (Å²) in [5.41, 5.74) is 2.81. The minimum atomic E-state index is -2.61. The van der Waals surface area contributed by atoms with Gasteiger partial charge >= 0.3 is 0 Å². The third-order valence-corrected chi connectivity index (χ3v) is 5.98. The zero-order chi connectivity index (χ0) is 19.4. The molecule has 5 heteroatoms. The van der Waals surface area contributed by atoms with Gasteiger partial charge in [0.15, 0.2) is 0 Å². The van der Waals surface area contributed by atoms with Crippen LogP contribution in [0.15, 0.2) is 30.3 Å². The van der Waals surface area contributed by atoms with Crippen LogP contribution in [0.5, 0.6) is 0 Å². The summed E-state index contributed by atoms with van der Waals surface area (Å²) in [6.07, 6.45) is 0.667. The topological polar surface area (TPSA) is 29.0 Å². The summed E-state index contributed by atoms with van der Waals surface area (Å²) in [5, 5.41) is 0. The number of hydrogen-bond acceptors (Lipinski definition) is 3. The first-order valence-electron chi connectivity index (χ1n) is 9.65. The molecule has 2 unspecified atom stereocenters. The van der Waals surface area contributed by atoms with Crippen molar-refractivity contribution >= 4 is 5.95 Å². The molecule has 1 aromatic heterocycles. The van der Waals surface area contributed by atoms with Crippen molar-refractivity contribution in [3.05, 3.63) is 41.6 Å². The number of aryl methyl sites for hydroxylation is 1. The smallest absolute Gasteiger partial charge is 0.280 e. The number of alkyl halides is 2. The monoisotopic (exact) mass is 371 g/mol. The Morgan fingerprint density at radius 1 is 1.07 bits per heavy atom. The van der Waals surface area contributed by atoms with Crippen LogP contribution >= 0.6 is 0 Å². The van der Waals surface area contributed by atoms with Crippen molar-refractivity contribution in [3.8, 4) is 11.3 Å². The van der Waals surface area contributed by atoms with Crippen LogP contribution in [0, 0.1) is 17.8 Å². The van der Waals surface area contributed by atoms with Gasteiger partial charge in [0.05, 0.1) is 5.69 Å². The number of hydrogen-bond donors (Lipinski definition) is 0. The quantitative estimate of drug-likeness (QED) is 0.683. The van der Waals surface area contributed by atoms with Crippen LogP contribution in [-0.2, 0) is 0 Å². The van der Waals surface area contributed by atoms with Gasteiger partial charge in [-0.3, -0.25) is 0 Å². The van der Waals surface area contributed by atoms with Crippen molar-refractivity contribution in [2.75, 3.05) is 11.4 Å². The highest BCUT2D eigenvalue weighted by Gasteiger charge is 2.50. The van der Waals surface area contributed by atoms with E-state index in [4.69, 9.17) is 4.98 Å². The van der Waals surface area contributed by atoms with Gasteiger partial charge in [-0.05, 0) is 43.1 Å². The van der Waals surface area contributed by atoms with Crippen LogP contribution in [0.1, 0.15) is 57.7 Å². The molecule has 27 heavy (non-hydrogen) atoms. The maximum absolute atomic E-state index is 13.6. The van der Waals surface area contributed by atoms with Gasteiger partial charge in [0.25, 0.3) is 6.43 Å². The highest BCUT2D eigenvalue weighted by Crippen LogP contribution is 2.53. The summed E-state index contributed by atoms with van der Waals surface area (Å²) in [7, 11) is 0. The minimum absolute atomic E-state index is 0.193. The molecule has 2 bridgehead atoms. The van der Waals surface area contributed by atoms with Crippen LogP contribution in [0.2, 0.25) is 0 Å². The van der Waals surface area contributed by atoms with E-state index >= 15 is 0 Å². The highest BCUT2D eigenvalue weighted by molar-refractivity contribution is 5.62. The van der Waals surface area contributed by atoms with Crippen LogP contribution in [0.4, 0.5) is 14.7 Å². The molecular weight excluding hydrogens is 344 g/mol. The molecule has 0 radical (unpaired) electrons. The Balaban J connectivity index is 1.76. The van der Waals surface area contributed by atoms with Crippen molar-refractivity contribution < 1.29 is 8.78 Å². The third kappa shape index (κ3) is 3.56. The van der Waals surface area contributed by atoms with E-state index < -0.39 is 6.43 Å². The van der Waals surface area contributed by atoms with Crippen molar-refractivity contribution in [3.63, 3.8) is 0 Å². The summed E-state index contributed by atoms with van der Waals surface area (Å²) in [5.74, 6) is 0.454. The average Bonchev–Trinajstić information content (AvgIpc) is 2.84. The van der Waals surface area contributed by atoms with E-state index in [0.29, 0.717) is 17.7 Å². The van der Waals surface area contributed by atoms with E-state index in [2.05, 4.69) is 30.7 Å². The van der Waals surface area contributed by atoms with Crippen LogP contribution < -0.4 is 4.90 Å². The first-order valence-corrected chi connectivity index (χ1v) is 9.65. The molecule has 2 aromatic rings. The molecule has 1 saturated carbocycles. The van der Waals surface area contributed by atoms with Gasteiger partial charge in [-0.25, -0.2) is 18.7 Å². The lowest BCUT2D eigenvalue weighted by Crippen LogP contribution is -2.35. The Hall–Kier alpha value is -2.04. The number of benzene rings is 1. The Morgan fingerprint density at radius 3 is 2.44 bits per heavy atom. The Bertz CT molecular complexity index is 847. The van der Waals surface area contributed by atoms with Crippen molar-refractivity contribution in [1.82, 2.24) is 9.97 Å². The molecule has 144 valence electrons. The maximum Gasteiger partial charge on any atom is 0.280 e. The molecule has 3 nitrogen and oxygen atoms in total. The van der Waals surface area contributed by atoms with Gasteiger partial charge in [-0.1, -0.05) is 50.6 Å². The number of nitrogens with zero attached hydrogens (tertiary/aromatic N) is 3. The number of rotatable bonds is 3. The lowest BCUT2D eigenvalue weighted by atomic mass is 9.65. The summed E-state index contributed by atoms with van der Waals surface area (Å²) >= 11 is 0. The van der Waals surface area contributed by atoms with E-state index in [1.165, 1.54) is 6.07 Å². The minimum Gasteiger partial charge on any atom is -0.337 e. The van der Waals surface area contributed by atoms with Crippen LogP contribution in [0.3, 0.4) is 0 Å². The second-order valence-electron chi connectivity index (χ2n) is 9.49. The average molecular weight is 371 g/mol. The molecule has 1 aliphatic carbocycles. The first-order chi connectivity index (χ1) is 12.6. The molecule has 0 N–H and O–H groups in total. The van der Waals surface area contributed by atoms with Gasteiger partial charge in [0, 0.05) is 18.2 Å². The Labute approximate surface area is 159 Å². The largest absolute Gasteiger partial charge is 0.337 e. The molecule has 2 aliphatic rings. The van der Waals surface area contributed by atoms with Crippen LogP contribution in [-0.4, -0.2) is 22.6 Å². The number of aromatic nitrogens is 2. The number of fused-ring (bicyclic) bond motifs is 2. The van der Waals surface area contributed by atoms with Gasteiger partial charge in [-0.2, -0.15) is 0 Å². The fraction of sp³-hybridized carbons (Fsp3) is 0.545. The first kappa shape index (κ1) is 18.3. The predicted octanol–water partition coefficient (Wildman–Crippen LogP) is 5.79. The molecule has 2 fully saturated rings. The summed E-state index contributed by atoms with van der Waals surface area (Å²) < 4.78 is 27.1. The van der Waals surface area contributed by atoms with E-state index in [-0.39, 0.29) is 16.5 Å². The summed E-state index contributed by atoms with van der Waals surface area (Å²) in [4.78, 5) is 11.2. The Kier molecular flexibility index (Phi) is 4.24. The fourth-order valence-electron chi connectivity index (χ4n) is 5.26. The van der Waals surface area contributed by atoms with E-state index in [9.17, 15) is 8.78 Å². The SMILES string of the molecule is Cc1ccc(-c2cc(C(F)F)nc(N3CC4(C)CC3CC(C)(C)C4)n2)cc1. The summed E-state index contributed by atoms with van der Waals surface area (Å²) in [6.45, 7) is 9.75. The third-order valence-electron chi connectivity index (χ3n) is 5.98. The van der Waals surface area contributed by atoms with Gasteiger partial charge in [0.2, 0.25) is 5.95 Å². The molecule has 4 rings (SSSR count). The molecule has 2 heterocycles. The molecule has 2 atom stereocenters. The lowest BCUT2D eigenvalue weighted by Gasteiger charge is -2.39. The standard InChI is InChI=1S/C22H27F2N3/c1-14-5-7-15(8-6-14)17-9-18(19(23)24)26-20(25-17)27-13-22(4)11-16(27)10-21(2,3)12-22/h5-9,16,19H,10-13H2,1-4H3.